The number of carbonyl (C=O) groups is 1. The van der Waals surface area contributed by atoms with Gasteiger partial charge in [-0.2, -0.15) is 0 Å². The molecule has 0 atom stereocenters. The van der Waals surface area contributed by atoms with Gasteiger partial charge in [-0.25, -0.2) is 4.79 Å². The van der Waals surface area contributed by atoms with Gasteiger partial charge in [0, 0.05) is 17.6 Å². The third kappa shape index (κ3) is 4.39. The van der Waals surface area contributed by atoms with Gasteiger partial charge >= 0.3 is 5.63 Å². The number of ether oxygens (including phenoxy) is 1. The van der Waals surface area contributed by atoms with Gasteiger partial charge in [-0.15, -0.1) is 0 Å². The summed E-state index contributed by atoms with van der Waals surface area (Å²) >= 11 is 0. The molecule has 0 saturated carbocycles. The summed E-state index contributed by atoms with van der Waals surface area (Å²) in [4.78, 5) is 27.5. The topological polar surface area (TPSA) is 71.8 Å². The molecular formula is C24H26N2O4. The molecule has 2 heterocycles. The molecule has 0 radical (unpaired) electrons. The Labute approximate surface area is 175 Å². The summed E-state index contributed by atoms with van der Waals surface area (Å²) in [7, 11) is 1.50. The smallest absolute Gasteiger partial charge is 0.349 e. The zero-order chi connectivity index (χ0) is 21.1. The van der Waals surface area contributed by atoms with Gasteiger partial charge in [-0.05, 0) is 61.7 Å². The first-order valence-electron chi connectivity index (χ1n) is 10.3. The molecule has 2 aromatic carbocycles. The second-order valence-corrected chi connectivity index (χ2v) is 7.94. The number of nitrogens with zero attached hydrogens (tertiary/aromatic N) is 1. The molecule has 30 heavy (non-hydrogen) atoms. The first-order chi connectivity index (χ1) is 14.5. The van der Waals surface area contributed by atoms with Crippen LogP contribution in [0.2, 0.25) is 0 Å². The van der Waals surface area contributed by atoms with Crippen LogP contribution in [0.25, 0.3) is 11.0 Å². The van der Waals surface area contributed by atoms with Crippen LogP contribution in [-0.4, -0.2) is 31.0 Å². The fourth-order valence-corrected chi connectivity index (χ4v) is 3.81. The Balaban J connectivity index is 1.46. The molecule has 1 saturated heterocycles. The van der Waals surface area contributed by atoms with Crippen LogP contribution in [0.1, 0.15) is 35.7 Å². The number of piperidine rings is 1. The predicted octanol–water partition coefficient (Wildman–Crippen LogP) is 4.29. The Kier molecular flexibility index (Phi) is 5.86. The molecule has 0 bridgehead atoms. The highest BCUT2D eigenvalue weighted by Gasteiger charge is 2.17. The number of hydrogen-bond donors (Lipinski definition) is 1. The highest BCUT2D eigenvalue weighted by atomic mass is 16.5. The summed E-state index contributed by atoms with van der Waals surface area (Å²) < 4.78 is 10.6. The molecule has 0 unspecified atom stereocenters. The van der Waals surface area contributed by atoms with Crippen molar-refractivity contribution in [2.24, 2.45) is 5.92 Å². The monoisotopic (exact) mass is 406 g/mol. The SMILES string of the molecule is COc1cccc2cc(C(=O)Nc3ccc(CN4CCC(C)CC4)cc3)c(=O)oc12. The number of amides is 1. The standard InChI is InChI=1S/C24H26N2O4/c1-16-10-12-26(13-11-16)15-17-6-8-19(9-7-17)25-23(27)20-14-18-4-3-5-21(29-2)22(18)30-24(20)28/h3-9,14,16H,10-13,15H2,1-2H3,(H,25,27). The number of methoxy groups -OCH3 is 1. The maximum Gasteiger partial charge on any atom is 0.349 e. The average Bonchev–Trinajstić information content (AvgIpc) is 2.75. The van der Waals surface area contributed by atoms with E-state index in [1.165, 1.54) is 31.6 Å². The van der Waals surface area contributed by atoms with Crippen LogP contribution < -0.4 is 15.7 Å². The average molecular weight is 406 g/mol. The van der Waals surface area contributed by atoms with Crippen molar-refractivity contribution in [2.45, 2.75) is 26.3 Å². The van der Waals surface area contributed by atoms with Gasteiger partial charge in [-0.3, -0.25) is 9.69 Å². The molecular weight excluding hydrogens is 380 g/mol. The van der Waals surface area contributed by atoms with E-state index < -0.39 is 11.5 Å². The van der Waals surface area contributed by atoms with Crippen molar-refractivity contribution >= 4 is 22.6 Å². The molecule has 4 rings (SSSR count). The number of hydrogen-bond acceptors (Lipinski definition) is 5. The maximum absolute atomic E-state index is 12.7. The minimum atomic E-state index is -0.694. The fraction of sp³-hybridized carbons (Fsp3) is 0.333. The second-order valence-electron chi connectivity index (χ2n) is 7.94. The molecule has 1 aliphatic rings. The van der Waals surface area contributed by atoms with Crippen molar-refractivity contribution in [1.82, 2.24) is 4.90 Å². The quantitative estimate of drug-likeness (QED) is 0.640. The van der Waals surface area contributed by atoms with Crippen molar-refractivity contribution in [3.8, 4) is 5.75 Å². The minimum absolute atomic E-state index is 0.0396. The number of benzene rings is 2. The molecule has 0 aliphatic carbocycles. The lowest BCUT2D eigenvalue weighted by Crippen LogP contribution is -2.32. The van der Waals surface area contributed by atoms with Crippen LogP contribution in [0.3, 0.4) is 0 Å². The predicted molar refractivity (Wildman–Crippen MR) is 117 cm³/mol. The Hall–Kier alpha value is -3.12. The number of anilines is 1. The van der Waals surface area contributed by atoms with E-state index in [1.807, 2.05) is 24.3 Å². The molecule has 1 amide bonds. The van der Waals surface area contributed by atoms with Gasteiger partial charge < -0.3 is 14.5 Å². The minimum Gasteiger partial charge on any atom is -0.493 e. The molecule has 6 nitrogen and oxygen atoms in total. The van der Waals surface area contributed by atoms with E-state index in [-0.39, 0.29) is 5.56 Å². The van der Waals surface area contributed by atoms with Crippen molar-refractivity contribution < 1.29 is 13.9 Å². The molecule has 6 heteroatoms. The number of rotatable bonds is 5. The van der Waals surface area contributed by atoms with E-state index in [1.54, 1.807) is 18.2 Å². The lowest BCUT2D eigenvalue weighted by molar-refractivity contribution is 0.102. The second kappa shape index (κ2) is 8.71. The van der Waals surface area contributed by atoms with Gasteiger partial charge in [0.15, 0.2) is 11.3 Å². The van der Waals surface area contributed by atoms with Crippen molar-refractivity contribution in [3.05, 3.63) is 70.1 Å². The van der Waals surface area contributed by atoms with Gasteiger partial charge in [0.1, 0.15) is 5.56 Å². The summed E-state index contributed by atoms with van der Waals surface area (Å²) in [6, 6.07) is 14.6. The lowest BCUT2D eigenvalue weighted by Gasteiger charge is -2.30. The summed E-state index contributed by atoms with van der Waals surface area (Å²) in [5.74, 6) is 0.772. The zero-order valence-electron chi connectivity index (χ0n) is 17.3. The van der Waals surface area contributed by atoms with Gasteiger partial charge in [0.05, 0.1) is 7.11 Å². The van der Waals surface area contributed by atoms with Crippen molar-refractivity contribution in [1.29, 1.82) is 0 Å². The van der Waals surface area contributed by atoms with Crippen LogP contribution in [-0.2, 0) is 6.54 Å². The van der Waals surface area contributed by atoms with Gasteiger partial charge in [0.25, 0.3) is 5.91 Å². The highest BCUT2D eigenvalue weighted by molar-refractivity contribution is 6.05. The lowest BCUT2D eigenvalue weighted by atomic mass is 9.99. The maximum atomic E-state index is 12.7. The van der Waals surface area contributed by atoms with E-state index in [0.29, 0.717) is 22.4 Å². The number of para-hydroxylation sites is 1. The summed E-state index contributed by atoms with van der Waals surface area (Å²) in [6.07, 6.45) is 2.49. The van der Waals surface area contributed by atoms with Crippen molar-refractivity contribution in [2.75, 3.05) is 25.5 Å². The molecule has 1 fully saturated rings. The zero-order valence-corrected chi connectivity index (χ0v) is 17.3. The molecule has 1 aromatic heterocycles. The van der Waals surface area contributed by atoms with Crippen LogP contribution in [0.5, 0.6) is 5.75 Å². The number of carbonyl (C=O) groups excluding carboxylic acids is 1. The fourth-order valence-electron chi connectivity index (χ4n) is 3.81. The first-order valence-corrected chi connectivity index (χ1v) is 10.3. The Morgan fingerprint density at radius 2 is 1.90 bits per heavy atom. The van der Waals surface area contributed by atoms with Gasteiger partial charge in [0.2, 0.25) is 0 Å². The first kappa shape index (κ1) is 20.2. The molecule has 1 N–H and O–H groups in total. The molecule has 3 aromatic rings. The van der Waals surface area contributed by atoms with E-state index in [9.17, 15) is 9.59 Å². The molecule has 156 valence electrons. The molecule has 1 aliphatic heterocycles. The van der Waals surface area contributed by atoms with Gasteiger partial charge in [-0.1, -0.05) is 31.2 Å². The Morgan fingerprint density at radius 1 is 1.17 bits per heavy atom. The van der Waals surface area contributed by atoms with Crippen LogP contribution >= 0.6 is 0 Å². The number of fused-ring (bicyclic) bond motifs is 1. The largest absolute Gasteiger partial charge is 0.493 e. The Morgan fingerprint density at radius 3 is 2.60 bits per heavy atom. The van der Waals surface area contributed by atoms with Crippen LogP contribution in [0.4, 0.5) is 5.69 Å². The summed E-state index contributed by atoms with van der Waals surface area (Å²) in [5, 5.41) is 3.42. The normalized spacial score (nSPS) is 15.3. The van der Waals surface area contributed by atoms with Crippen molar-refractivity contribution in [3.63, 3.8) is 0 Å². The summed E-state index contributed by atoms with van der Waals surface area (Å²) in [6.45, 7) is 5.48. The number of nitrogens with one attached hydrogen (secondary N) is 1. The van der Waals surface area contributed by atoms with E-state index in [2.05, 4.69) is 17.1 Å². The summed E-state index contributed by atoms with van der Waals surface area (Å²) in [5.41, 5.74) is 1.45. The Bertz CT molecular complexity index is 1100. The van der Waals surface area contributed by atoms with Crippen LogP contribution in [0, 0.1) is 5.92 Å². The number of likely N-dealkylation sites (tertiary alicyclic amines) is 1. The molecule has 0 spiro atoms. The van der Waals surface area contributed by atoms with Crippen LogP contribution in [0.15, 0.2) is 57.7 Å². The third-order valence-corrected chi connectivity index (χ3v) is 5.68. The van der Waals surface area contributed by atoms with E-state index in [4.69, 9.17) is 9.15 Å². The van der Waals surface area contributed by atoms with E-state index in [0.717, 1.165) is 25.6 Å². The van der Waals surface area contributed by atoms with E-state index >= 15 is 0 Å². The highest BCUT2D eigenvalue weighted by Crippen LogP contribution is 2.25. The third-order valence-electron chi connectivity index (χ3n) is 5.68.